The summed E-state index contributed by atoms with van der Waals surface area (Å²) in [6.07, 6.45) is 0.942. The summed E-state index contributed by atoms with van der Waals surface area (Å²) in [6.45, 7) is 4.42. The largest absolute Gasteiger partial charge is 0.497 e. The molecular weight excluding hydrogens is 452 g/mol. The number of urea groups is 1. The zero-order valence-electron chi connectivity index (χ0n) is 20.6. The van der Waals surface area contributed by atoms with Crippen LogP contribution in [0.1, 0.15) is 42.5 Å². The van der Waals surface area contributed by atoms with Gasteiger partial charge in [-0.3, -0.25) is 4.90 Å². The molecule has 1 unspecified atom stereocenters. The van der Waals surface area contributed by atoms with Gasteiger partial charge in [0.05, 0.1) is 25.3 Å². The molecule has 0 bridgehead atoms. The van der Waals surface area contributed by atoms with Crippen molar-refractivity contribution in [2.75, 3.05) is 7.11 Å². The number of nitrogens with one attached hydrogen (secondary N) is 1. The second kappa shape index (κ2) is 10.1. The summed E-state index contributed by atoms with van der Waals surface area (Å²) in [5.41, 5.74) is 5.53. The maximum Gasteiger partial charge on any atom is 0.322 e. The Kier molecular flexibility index (Phi) is 6.54. The third-order valence-electron chi connectivity index (χ3n) is 6.48. The number of rotatable bonds is 7. The molecule has 2 amide bonds. The van der Waals surface area contributed by atoms with Crippen molar-refractivity contribution in [3.8, 4) is 17.1 Å². The van der Waals surface area contributed by atoms with Crippen molar-refractivity contribution in [2.45, 2.75) is 32.9 Å². The van der Waals surface area contributed by atoms with E-state index >= 15 is 0 Å². The number of nitrogens with zero attached hydrogens (tertiary/aromatic N) is 3. The van der Waals surface area contributed by atoms with Crippen LogP contribution in [0.2, 0.25) is 0 Å². The fourth-order valence-electron chi connectivity index (χ4n) is 4.44. The van der Waals surface area contributed by atoms with Gasteiger partial charge in [0.25, 0.3) is 5.89 Å². The molecule has 0 fully saturated rings. The predicted molar refractivity (Wildman–Crippen MR) is 138 cm³/mol. The lowest BCUT2D eigenvalue weighted by atomic mass is 9.93. The molecule has 1 aromatic heterocycles. The normalized spacial score (nSPS) is 15.7. The molecule has 5 rings (SSSR count). The van der Waals surface area contributed by atoms with Crippen molar-refractivity contribution >= 4 is 11.6 Å². The van der Waals surface area contributed by atoms with Crippen LogP contribution in [0.3, 0.4) is 0 Å². The van der Waals surface area contributed by atoms with Crippen LogP contribution in [0.4, 0.5) is 4.79 Å². The van der Waals surface area contributed by atoms with E-state index in [0.717, 1.165) is 40.1 Å². The molecule has 2 heterocycles. The Labute approximate surface area is 210 Å². The van der Waals surface area contributed by atoms with E-state index in [0.29, 0.717) is 18.3 Å². The van der Waals surface area contributed by atoms with Crippen LogP contribution in [0.5, 0.6) is 5.75 Å². The highest BCUT2D eigenvalue weighted by Gasteiger charge is 2.35. The van der Waals surface area contributed by atoms with E-state index in [2.05, 4.69) is 29.5 Å². The average molecular weight is 481 g/mol. The summed E-state index contributed by atoms with van der Waals surface area (Å²) in [5.74, 6) is 1.62. The van der Waals surface area contributed by atoms with Crippen LogP contribution in [0.25, 0.3) is 17.0 Å². The van der Waals surface area contributed by atoms with Crippen LogP contribution >= 0.6 is 0 Å². The maximum atomic E-state index is 13.4. The van der Waals surface area contributed by atoms with Crippen molar-refractivity contribution in [3.05, 3.63) is 107 Å². The summed E-state index contributed by atoms with van der Waals surface area (Å²) in [5, 5.41) is 7.40. The Balaban J connectivity index is 1.58. The number of hydrogen-bond acceptors (Lipinski definition) is 5. The van der Waals surface area contributed by atoms with Gasteiger partial charge in [0.1, 0.15) is 5.75 Å². The molecule has 0 aliphatic carbocycles. The minimum atomic E-state index is -0.422. The SMILES string of the molecule is CCc1ccc(C2NC(=O)N(Cc3cccc(OC)c3)C(C)=C2c2nc(-c3ccccc3)no2)cc1. The smallest absolute Gasteiger partial charge is 0.322 e. The first-order chi connectivity index (χ1) is 17.6. The third-order valence-corrected chi connectivity index (χ3v) is 6.48. The van der Waals surface area contributed by atoms with Gasteiger partial charge < -0.3 is 14.6 Å². The third kappa shape index (κ3) is 4.60. The second-order valence-corrected chi connectivity index (χ2v) is 8.70. The fraction of sp³-hybridized carbons (Fsp3) is 0.207. The number of allylic oxidation sites excluding steroid dienone is 1. The highest BCUT2D eigenvalue weighted by molar-refractivity contribution is 5.87. The minimum Gasteiger partial charge on any atom is -0.497 e. The Hall–Kier alpha value is -4.39. The first kappa shape index (κ1) is 23.4. The van der Waals surface area contributed by atoms with E-state index in [4.69, 9.17) is 14.2 Å². The first-order valence-electron chi connectivity index (χ1n) is 12.0. The fourth-order valence-corrected chi connectivity index (χ4v) is 4.44. The van der Waals surface area contributed by atoms with E-state index in [-0.39, 0.29) is 6.03 Å². The van der Waals surface area contributed by atoms with Gasteiger partial charge >= 0.3 is 6.03 Å². The Morgan fingerprint density at radius 3 is 2.50 bits per heavy atom. The molecule has 7 nitrogen and oxygen atoms in total. The standard InChI is InChI=1S/C29H28N4O3/c1-4-20-13-15-22(16-14-20)26-25(28-31-27(32-36-28)23-10-6-5-7-11-23)19(2)33(29(34)30-26)18-21-9-8-12-24(17-21)35-3/h5-17,26H,4,18H2,1-3H3,(H,30,34). The second-order valence-electron chi connectivity index (χ2n) is 8.70. The summed E-state index contributed by atoms with van der Waals surface area (Å²) in [4.78, 5) is 19.8. The Bertz CT molecular complexity index is 1390. The summed E-state index contributed by atoms with van der Waals surface area (Å²) >= 11 is 0. The van der Waals surface area contributed by atoms with Crippen LogP contribution in [-0.4, -0.2) is 28.2 Å². The van der Waals surface area contributed by atoms with Gasteiger partial charge in [-0.25, -0.2) is 4.79 Å². The van der Waals surface area contributed by atoms with E-state index in [1.807, 2.05) is 73.7 Å². The van der Waals surface area contributed by atoms with E-state index < -0.39 is 6.04 Å². The Morgan fingerprint density at radius 1 is 1.00 bits per heavy atom. The van der Waals surface area contributed by atoms with Gasteiger partial charge in [-0.2, -0.15) is 4.98 Å². The number of methoxy groups -OCH3 is 1. The van der Waals surface area contributed by atoms with Gasteiger partial charge in [-0.05, 0) is 42.2 Å². The van der Waals surface area contributed by atoms with Gasteiger partial charge in [-0.15, -0.1) is 0 Å². The molecule has 0 radical (unpaired) electrons. The molecule has 7 heteroatoms. The molecule has 1 aliphatic rings. The van der Waals surface area contributed by atoms with Gasteiger partial charge in [-0.1, -0.05) is 78.8 Å². The van der Waals surface area contributed by atoms with Gasteiger partial charge in [0.2, 0.25) is 5.82 Å². The average Bonchev–Trinajstić information content (AvgIpc) is 3.41. The highest BCUT2D eigenvalue weighted by atomic mass is 16.5. The number of hydrogen-bond donors (Lipinski definition) is 1. The summed E-state index contributed by atoms with van der Waals surface area (Å²) in [6, 6.07) is 25.0. The lowest BCUT2D eigenvalue weighted by Gasteiger charge is -2.35. The van der Waals surface area contributed by atoms with E-state index in [1.54, 1.807) is 12.0 Å². The number of aromatic nitrogens is 2. The molecule has 0 saturated heterocycles. The number of amides is 2. The minimum absolute atomic E-state index is 0.188. The number of carbonyl (C=O) groups excluding carboxylic acids is 1. The van der Waals surface area contributed by atoms with Crippen molar-refractivity contribution in [3.63, 3.8) is 0 Å². The number of ether oxygens (including phenoxy) is 1. The van der Waals surface area contributed by atoms with E-state index in [1.165, 1.54) is 5.56 Å². The summed E-state index contributed by atoms with van der Waals surface area (Å²) in [7, 11) is 1.63. The van der Waals surface area contributed by atoms with Gasteiger partial charge in [0, 0.05) is 11.3 Å². The van der Waals surface area contributed by atoms with Crippen LogP contribution in [0.15, 0.2) is 89.1 Å². The molecule has 1 aliphatic heterocycles. The van der Waals surface area contributed by atoms with Crippen LogP contribution in [-0.2, 0) is 13.0 Å². The molecule has 182 valence electrons. The number of aryl methyl sites for hydroxylation is 1. The molecule has 0 saturated carbocycles. The lowest BCUT2D eigenvalue weighted by molar-refractivity contribution is 0.203. The topological polar surface area (TPSA) is 80.5 Å². The zero-order valence-corrected chi connectivity index (χ0v) is 20.6. The maximum absolute atomic E-state index is 13.4. The molecule has 4 aromatic rings. The number of carbonyl (C=O) groups is 1. The first-order valence-corrected chi connectivity index (χ1v) is 12.0. The Morgan fingerprint density at radius 2 is 1.78 bits per heavy atom. The highest BCUT2D eigenvalue weighted by Crippen LogP contribution is 2.38. The van der Waals surface area contributed by atoms with Crippen molar-refractivity contribution in [2.24, 2.45) is 0 Å². The van der Waals surface area contributed by atoms with E-state index in [9.17, 15) is 4.79 Å². The zero-order chi connectivity index (χ0) is 25.1. The van der Waals surface area contributed by atoms with Crippen molar-refractivity contribution in [1.82, 2.24) is 20.4 Å². The summed E-state index contributed by atoms with van der Waals surface area (Å²) < 4.78 is 11.1. The van der Waals surface area contributed by atoms with Crippen LogP contribution < -0.4 is 10.1 Å². The molecule has 1 atom stereocenters. The van der Waals surface area contributed by atoms with Gasteiger partial charge in [0.15, 0.2) is 0 Å². The van der Waals surface area contributed by atoms with Crippen LogP contribution in [0, 0.1) is 0 Å². The van der Waals surface area contributed by atoms with Crippen molar-refractivity contribution in [1.29, 1.82) is 0 Å². The molecule has 36 heavy (non-hydrogen) atoms. The quantitative estimate of drug-likeness (QED) is 0.351. The molecule has 1 N–H and O–H groups in total. The molecular formula is C29H28N4O3. The number of benzene rings is 3. The monoisotopic (exact) mass is 480 g/mol. The molecule has 3 aromatic carbocycles. The van der Waals surface area contributed by atoms with Crippen molar-refractivity contribution < 1.29 is 14.1 Å². The predicted octanol–water partition coefficient (Wildman–Crippen LogP) is 6.01. The lowest BCUT2D eigenvalue weighted by Crippen LogP contribution is -2.45. The molecule has 0 spiro atoms.